The molecule has 2 aromatic rings. The van der Waals surface area contributed by atoms with Crippen LogP contribution in [0.5, 0.6) is 0 Å². The quantitative estimate of drug-likeness (QED) is 0.380. The molecular weight excluding hydrogens is 360 g/mol. The van der Waals surface area contributed by atoms with Crippen LogP contribution >= 0.6 is 11.8 Å². The molecule has 150 valence electrons. The molecule has 0 saturated carbocycles. The number of aromatic nitrogens is 1. The Balaban J connectivity index is 2.56. The number of hydrogen-bond acceptors (Lipinski definition) is 3. The molecule has 3 heteroatoms. The van der Waals surface area contributed by atoms with E-state index in [1.807, 2.05) is 18.0 Å². The highest BCUT2D eigenvalue weighted by Gasteiger charge is 2.19. The van der Waals surface area contributed by atoms with E-state index in [0.29, 0.717) is 0 Å². The average molecular weight is 395 g/mol. The molecule has 0 aliphatic heterocycles. The van der Waals surface area contributed by atoms with Crippen LogP contribution in [0.2, 0.25) is 0 Å². The van der Waals surface area contributed by atoms with Crippen LogP contribution in [0.4, 0.5) is 5.69 Å². The lowest BCUT2D eigenvalue weighted by molar-refractivity contribution is 0.684. The van der Waals surface area contributed by atoms with Crippen LogP contribution in [0.15, 0.2) is 64.4 Å². The summed E-state index contributed by atoms with van der Waals surface area (Å²) in [6, 6.07) is 6.57. The second-order valence-electron chi connectivity index (χ2n) is 7.90. The van der Waals surface area contributed by atoms with Gasteiger partial charge in [0.15, 0.2) is 0 Å². The summed E-state index contributed by atoms with van der Waals surface area (Å²) >= 11 is 1.95. The minimum Gasteiger partial charge on any atom is -0.355 e. The largest absolute Gasteiger partial charge is 0.355 e. The second kappa shape index (κ2) is 9.47. The summed E-state index contributed by atoms with van der Waals surface area (Å²) < 4.78 is 0.212. The third-order valence-corrected chi connectivity index (χ3v) is 6.73. The van der Waals surface area contributed by atoms with Crippen LogP contribution in [0.3, 0.4) is 0 Å². The summed E-state index contributed by atoms with van der Waals surface area (Å²) in [4.78, 5) is 5.94. The first-order chi connectivity index (χ1) is 13.2. The van der Waals surface area contributed by atoms with Crippen LogP contribution in [-0.2, 0) is 0 Å². The van der Waals surface area contributed by atoms with Crippen molar-refractivity contribution < 1.29 is 0 Å². The van der Waals surface area contributed by atoms with Gasteiger partial charge in [-0.3, -0.25) is 4.98 Å². The Hall–Kier alpha value is -2.00. The molecule has 0 spiro atoms. The van der Waals surface area contributed by atoms with Crippen molar-refractivity contribution in [1.82, 2.24) is 4.98 Å². The molecule has 2 rings (SSSR count). The molecule has 0 aliphatic rings. The first-order valence-corrected chi connectivity index (χ1v) is 10.9. The lowest BCUT2D eigenvalue weighted by Crippen LogP contribution is -2.12. The van der Waals surface area contributed by atoms with Gasteiger partial charge < -0.3 is 5.32 Å². The number of pyridine rings is 1. The van der Waals surface area contributed by atoms with E-state index in [2.05, 4.69) is 102 Å². The van der Waals surface area contributed by atoms with E-state index in [9.17, 15) is 0 Å². The average Bonchev–Trinajstić information content (AvgIpc) is 2.67. The van der Waals surface area contributed by atoms with Crippen LogP contribution in [0, 0.1) is 6.92 Å². The molecule has 0 radical (unpaired) electrons. The van der Waals surface area contributed by atoms with Crippen molar-refractivity contribution >= 4 is 28.4 Å². The van der Waals surface area contributed by atoms with E-state index in [0.717, 1.165) is 28.7 Å². The molecule has 1 N–H and O–H groups in total. The zero-order valence-corrected chi connectivity index (χ0v) is 19.4. The number of nitrogens with one attached hydrogen (secondary N) is 1. The maximum atomic E-state index is 4.62. The standard InChI is InChI=1S/C25H34N2S/c1-9-17(4)14-22(18(5)10-2)27-21-12-13-26-23-15-19(6)24(16-20(21)23)28-25(7,8)11-3/h9-10,12-16H,11H2,1-8H3,(H,26,27)/b17-9-,18-10-,22-14+. The zero-order chi connectivity index (χ0) is 20.9. The van der Waals surface area contributed by atoms with Crippen molar-refractivity contribution in [2.45, 2.75) is 71.5 Å². The maximum Gasteiger partial charge on any atom is 0.0726 e. The Morgan fingerprint density at radius 1 is 1.18 bits per heavy atom. The highest BCUT2D eigenvalue weighted by Crippen LogP contribution is 2.39. The van der Waals surface area contributed by atoms with Crippen LogP contribution in [0.25, 0.3) is 10.9 Å². The van der Waals surface area contributed by atoms with Gasteiger partial charge in [0, 0.05) is 32.6 Å². The number of allylic oxidation sites excluding steroid dienone is 5. The predicted octanol–water partition coefficient (Wildman–Crippen LogP) is 8.05. The lowest BCUT2D eigenvalue weighted by Gasteiger charge is -2.23. The summed E-state index contributed by atoms with van der Waals surface area (Å²) in [5.74, 6) is 0. The SMILES string of the molecule is C\C=C(C)/C=C(Nc1ccnc2cc(C)c(SC(C)(C)CC)cc12)\C(C)=C/C. The van der Waals surface area contributed by atoms with E-state index in [4.69, 9.17) is 0 Å². The van der Waals surface area contributed by atoms with E-state index >= 15 is 0 Å². The summed E-state index contributed by atoms with van der Waals surface area (Å²) in [5.41, 5.74) is 6.99. The molecule has 1 heterocycles. The summed E-state index contributed by atoms with van der Waals surface area (Å²) in [6.07, 6.45) is 9.48. The Morgan fingerprint density at radius 3 is 2.50 bits per heavy atom. The number of rotatable bonds is 7. The second-order valence-corrected chi connectivity index (χ2v) is 9.65. The Labute approximate surface area is 175 Å². The number of nitrogens with zero attached hydrogens (tertiary/aromatic N) is 1. The van der Waals surface area contributed by atoms with E-state index < -0.39 is 0 Å². The smallest absolute Gasteiger partial charge is 0.0726 e. The minimum atomic E-state index is 0.212. The number of benzene rings is 1. The topological polar surface area (TPSA) is 24.9 Å². The Morgan fingerprint density at radius 2 is 1.89 bits per heavy atom. The highest BCUT2D eigenvalue weighted by atomic mass is 32.2. The van der Waals surface area contributed by atoms with Crippen molar-refractivity contribution in [2.24, 2.45) is 0 Å². The fourth-order valence-corrected chi connectivity index (χ4v) is 3.86. The number of hydrogen-bond donors (Lipinski definition) is 1. The van der Waals surface area contributed by atoms with Crippen LogP contribution in [0.1, 0.15) is 60.5 Å². The molecule has 0 unspecified atom stereocenters. The van der Waals surface area contributed by atoms with Gasteiger partial charge in [-0.05, 0) is 76.5 Å². The first-order valence-electron chi connectivity index (χ1n) is 10.0. The predicted molar refractivity (Wildman–Crippen MR) is 127 cm³/mol. The third kappa shape index (κ3) is 5.51. The van der Waals surface area contributed by atoms with Gasteiger partial charge in [-0.25, -0.2) is 0 Å². The molecule has 0 atom stereocenters. The molecule has 0 aliphatic carbocycles. The van der Waals surface area contributed by atoms with Gasteiger partial charge in [0.25, 0.3) is 0 Å². The van der Waals surface area contributed by atoms with E-state index in [-0.39, 0.29) is 4.75 Å². The van der Waals surface area contributed by atoms with Crippen LogP contribution < -0.4 is 5.32 Å². The van der Waals surface area contributed by atoms with Gasteiger partial charge in [0.05, 0.1) is 5.52 Å². The van der Waals surface area contributed by atoms with Crippen molar-refractivity contribution in [3.63, 3.8) is 0 Å². The molecule has 0 fully saturated rings. The number of thioether (sulfide) groups is 1. The van der Waals surface area contributed by atoms with Crippen LogP contribution in [-0.4, -0.2) is 9.73 Å². The Bertz CT molecular complexity index is 933. The molecule has 1 aromatic carbocycles. The lowest BCUT2D eigenvalue weighted by atomic mass is 10.1. The molecule has 2 nitrogen and oxygen atoms in total. The maximum absolute atomic E-state index is 4.62. The summed E-state index contributed by atoms with van der Waals surface area (Å²) in [7, 11) is 0. The summed E-state index contributed by atoms with van der Waals surface area (Å²) in [6.45, 7) is 17.4. The molecular formula is C25H34N2S. The van der Waals surface area contributed by atoms with Crippen molar-refractivity contribution in [3.05, 3.63) is 65.0 Å². The number of aryl methyl sites for hydroxylation is 1. The summed E-state index contributed by atoms with van der Waals surface area (Å²) in [5, 5.41) is 4.83. The van der Waals surface area contributed by atoms with Gasteiger partial charge in [-0.2, -0.15) is 0 Å². The van der Waals surface area contributed by atoms with Gasteiger partial charge in [0.2, 0.25) is 0 Å². The fraction of sp³-hybridized carbons (Fsp3) is 0.400. The van der Waals surface area contributed by atoms with Crippen molar-refractivity contribution in [2.75, 3.05) is 5.32 Å². The van der Waals surface area contributed by atoms with Crippen molar-refractivity contribution in [3.8, 4) is 0 Å². The van der Waals surface area contributed by atoms with E-state index in [1.165, 1.54) is 21.6 Å². The van der Waals surface area contributed by atoms with Crippen molar-refractivity contribution in [1.29, 1.82) is 0 Å². The van der Waals surface area contributed by atoms with Gasteiger partial charge in [0.1, 0.15) is 0 Å². The third-order valence-electron chi connectivity index (χ3n) is 5.23. The monoisotopic (exact) mass is 394 g/mol. The zero-order valence-electron chi connectivity index (χ0n) is 18.6. The highest BCUT2D eigenvalue weighted by molar-refractivity contribution is 8.00. The fourth-order valence-electron chi connectivity index (χ4n) is 2.73. The first kappa shape index (κ1) is 22.3. The van der Waals surface area contributed by atoms with E-state index in [1.54, 1.807) is 0 Å². The molecule has 1 aromatic heterocycles. The number of anilines is 1. The van der Waals surface area contributed by atoms with Gasteiger partial charge in [-0.15, -0.1) is 11.8 Å². The molecule has 0 saturated heterocycles. The Kier molecular flexibility index (Phi) is 7.54. The number of fused-ring (bicyclic) bond motifs is 1. The van der Waals surface area contributed by atoms with Gasteiger partial charge >= 0.3 is 0 Å². The van der Waals surface area contributed by atoms with Gasteiger partial charge in [-0.1, -0.05) is 38.5 Å². The molecule has 0 amide bonds. The minimum absolute atomic E-state index is 0.212. The molecule has 28 heavy (non-hydrogen) atoms. The normalized spacial score (nSPS) is 13.9. The molecule has 0 bridgehead atoms.